The van der Waals surface area contributed by atoms with Gasteiger partial charge in [-0.1, -0.05) is 39.0 Å². The Hall–Kier alpha value is -1.78. The smallest absolute Gasteiger partial charge is 0.119 e. The van der Waals surface area contributed by atoms with E-state index in [0.29, 0.717) is 25.6 Å². The summed E-state index contributed by atoms with van der Waals surface area (Å²) >= 11 is 0. The molecule has 3 unspecified atom stereocenters. The average Bonchev–Trinajstić information content (AvgIpc) is 3.49. The Morgan fingerprint density at radius 3 is 2.85 bits per heavy atom. The van der Waals surface area contributed by atoms with Gasteiger partial charge in [0.05, 0.1) is 12.7 Å². The number of allylic oxidation sites excluding steroid dienone is 3. The second-order valence-electron chi connectivity index (χ2n) is 7.70. The van der Waals surface area contributed by atoms with E-state index < -0.39 is 6.10 Å². The Morgan fingerprint density at radius 2 is 2.12 bits per heavy atom. The summed E-state index contributed by atoms with van der Waals surface area (Å²) < 4.78 is 16.8. The molecule has 3 rings (SSSR count). The van der Waals surface area contributed by atoms with Gasteiger partial charge in [0.25, 0.3) is 0 Å². The van der Waals surface area contributed by atoms with E-state index in [1.54, 1.807) is 0 Å². The number of aliphatic hydroxyl groups excluding tert-OH is 1. The number of rotatable bonds is 9. The quantitative estimate of drug-likeness (QED) is 0.678. The third-order valence-electron chi connectivity index (χ3n) is 5.29. The molecule has 1 aliphatic heterocycles. The van der Waals surface area contributed by atoms with Crippen molar-refractivity contribution >= 4 is 0 Å². The second-order valence-corrected chi connectivity index (χ2v) is 7.70. The van der Waals surface area contributed by atoms with Crippen LogP contribution in [0.1, 0.15) is 39.2 Å². The molecule has 3 atom stereocenters. The maximum Gasteiger partial charge on any atom is 0.119 e. The largest absolute Gasteiger partial charge is 0.491 e. The van der Waals surface area contributed by atoms with Gasteiger partial charge in [0.2, 0.25) is 0 Å². The molecule has 1 heterocycles. The van der Waals surface area contributed by atoms with Crippen LogP contribution in [-0.2, 0) is 14.9 Å². The van der Waals surface area contributed by atoms with Gasteiger partial charge in [0, 0.05) is 0 Å². The van der Waals surface area contributed by atoms with Crippen LogP contribution in [0, 0.1) is 5.92 Å². The summed E-state index contributed by atoms with van der Waals surface area (Å²) in [5, 5.41) is 9.71. The molecule has 0 amide bonds. The first-order chi connectivity index (χ1) is 12.5. The molecule has 2 aliphatic rings. The molecule has 1 saturated heterocycles. The maximum atomic E-state index is 9.71. The van der Waals surface area contributed by atoms with Crippen molar-refractivity contribution in [3.8, 4) is 5.75 Å². The Kier molecular flexibility index (Phi) is 6.05. The molecule has 0 radical (unpaired) electrons. The van der Waals surface area contributed by atoms with E-state index in [9.17, 15) is 5.11 Å². The van der Waals surface area contributed by atoms with Crippen LogP contribution in [0.3, 0.4) is 0 Å². The normalized spacial score (nSPS) is 23.3. The molecule has 0 aromatic heterocycles. The van der Waals surface area contributed by atoms with Gasteiger partial charge in [-0.2, -0.15) is 0 Å². The minimum absolute atomic E-state index is 0.0573. The molecule has 1 aromatic rings. The molecule has 0 saturated carbocycles. The molecule has 26 heavy (non-hydrogen) atoms. The molecule has 142 valence electrons. The Labute approximate surface area is 156 Å². The van der Waals surface area contributed by atoms with Gasteiger partial charge in [0.15, 0.2) is 0 Å². The van der Waals surface area contributed by atoms with E-state index in [1.165, 1.54) is 5.56 Å². The highest BCUT2D eigenvalue weighted by molar-refractivity contribution is 5.36. The van der Waals surface area contributed by atoms with Crippen LogP contribution in [0.4, 0.5) is 0 Å². The van der Waals surface area contributed by atoms with Gasteiger partial charge >= 0.3 is 0 Å². The van der Waals surface area contributed by atoms with Crippen LogP contribution in [-0.4, -0.2) is 37.1 Å². The molecule has 0 spiro atoms. The molecule has 0 bridgehead atoms. The summed E-state index contributed by atoms with van der Waals surface area (Å²) in [6.07, 6.45) is 8.00. The standard InChI is InChI=1S/C22H30O4/c1-4-18(23)13-24-19-9-5-7-16(11-19)22(2,3)17-8-6-10-20(12-17)25-14-21-15-26-21/h5-7,9-12,17-18,21,23H,4,8,13-15H2,1-3H3. The summed E-state index contributed by atoms with van der Waals surface area (Å²) in [7, 11) is 0. The third kappa shape index (κ3) is 4.89. The molecule has 1 N–H and O–H groups in total. The van der Waals surface area contributed by atoms with Gasteiger partial charge < -0.3 is 19.3 Å². The van der Waals surface area contributed by atoms with Crippen LogP contribution in [0.25, 0.3) is 0 Å². The minimum Gasteiger partial charge on any atom is -0.491 e. The van der Waals surface area contributed by atoms with Gasteiger partial charge in [-0.3, -0.25) is 0 Å². The van der Waals surface area contributed by atoms with Crippen molar-refractivity contribution in [2.45, 2.75) is 51.2 Å². The summed E-state index contributed by atoms with van der Waals surface area (Å²) in [5.41, 5.74) is 1.17. The summed E-state index contributed by atoms with van der Waals surface area (Å²) in [6, 6.07) is 8.21. The lowest BCUT2D eigenvalue weighted by Crippen LogP contribution is -2.28. The molecule has 1 fully saturated rings. The molecular weight excluding hydrogens is 328 g/mol. The van der Waals surface area contributed by atoms with E-state index in [2.05, 4.69) is 44.2 Å². The summed E-state index contributed by atoms with van der Waals surface area (Å²) in [5.74, 6) is 2.09. The highest BCUT2D eigenvalue weighted by Crippen LogP contribution is 2.38. The van der Waals surface area contributed by atoms with E-state index >= 15 is 0 Å². The van der Waals surface area contributed by atoms with Crippen LogP contribution < -0.4 is 4.74 Å². The monoisotopic (exact) mass is 358 g/mol. The molecule has 4 heteroatoms. The van der Waals surface area contributed by atoms with Crippen molar-refractivity contribution < 1.29 is 19.3 Å². The van der Waals surface area contributed by atoms with Crippen molar-refractivity contribution in [1.29, 1.82) is 0 Å². The lowest BCUT2D eigenvalue weighted by atomic mass is 9.70. The molecule has 1 aromatic carbocycles. The molecule has 4 nitrogen and oxygen atoms in total. The van der Waals surface area contributed by atoms with E-state index in [-0.39, 0.29) is 11.5 Å². The Morgan fingerprint density at radius 1 is 1.31 bits per heavy atom. The maximum absolute atomic E-state index is 9.71. The molecule has 1 aliphatic carbocycles. The number of ether oxygens (including phenoxy) is 3. The van der Waals surface area contributed by atoms with Crippen LogP contribution >= 0.6 is 0 Å². The lowest BCUT2D eigenvalue weighted by molar-refractivity contribution is 0.104. The van der Waals surface area contributed by atoms with Crippen molar-refractivity contribution in [3.63, 3.8) is 0 Å². The zero-order valence-electron chi connectivity index (χ0n) is 16.0. The summed E-state index contributed by atoms with van der Waals surface area (Å²) in [6.45, 7) is 8.24. The number of hydrogen-bond donors (Lipinski definition) is 1. The number of benzene rings is 1. The second kappa shape index (κ2) is 8.28. The minimum atomic E-state index is -0.423. The van der Waals surface area contributed by atoms with Gasteiger partial charge in [0.1, 0.15) is 30.8 Å². The van der Waals surface area contributed by atoms with Crippen molar-refractivity contribution in [2.24, 2.45) is 5.92 Å². The van der Waals surface area contributed by atoms with Crippen LogP contribution in [0.5, 0.6) is 5.75 Å². The fourth-order valence-electron chi connectivity index (χ4n) is 3.12. The van der Waals surface area contributed by atoms with Crippen molar-refractivity contribution in [3.05, 3.63) is 53.8 Å². The number of aliphatic hydroxyl groups is 1. The number of epoxide rings is 1. The highest BCUT2D eigenvalue weighted by Gasteiger charge is 2.31. The predicted octanol–water partition coefficient (Wildman–Crippen LogP) is 3.99. The SMILES string of the molecule is CCC(O)COc1cccc(C(C)(C)C2C=C(OCC3CO3)C=CC2)c1. The average molecular weight is 358 g/mol. The summed E-state index contributed by atoms with van der Waals surface area (Å²) in [4.78, 5) is 0. The van der Waals surface area contributed by atoms with Crippen LogP contribution in [0.15, 0.2) is 48.3 Å². The number of hydrogen-bond acceptors (Lipinski definition) is 4. The zero-order chi connectivity index (χ0) is 18.6. The Balaban J connectivity index is 1.69. The Bertz CT molecular complexity index is 658. The first-order valence-electron chi connectivity index (χ1n) is 9.53. The molecular formula is C22H30O4. The topological polar surface area (TPSA) is 51.2 Å². The third-order valence-corrected chi connectivity index (χ3v) is 5.29. The van der Waals surface area contributed by atoms with E-state index in [1.807, 2.05) is 19.1 Å². The fraction of sp³-hybridized carbons (Fsp3) is 0.545. The zero-order valence-corrected chi connectivity index (χ0v) is 16.0. The van der Waals surface area contributed by atoms with Crippen molar-refractivity contribution in [2.75, 3.05) is 19.8 Å². The fourth-order valence-corrected chi connectivity index (χ4v) is 3.12. The predicted molar refractivity (Wildman–Crippen MR) is 102 cm³/mol. The van der Waals surface area contributed by atoms with Gasteiger partial charge in [-0.05, 0) is 54.0 Å². The van der Waals surface area contributed by atoms with Crippen molar-refractivity contribution in [1.82, 2.24) is 0 Å². The van der Waals surface area contributed by atoms with Gasteiger partial charge in [-0.25, -0.2) is 0 Å². The van der Waals surface area contributed by atoms with Gasteiger partial charge in [-0.15, -0.1) is 0 Å². The first-order valence-corrected chi connectivity index (χ1v) is 9.53. The van der Waals surface area contributed by atoms with Crippen LogP contribution in [0.2, 0.25) is 0 Å². The van der Waals surface area contributed by atoms with E-state index in [4.69, 9.17) is 14.2 Å². The first kappa shape index (κ1) is 19.0. The highest BCUT2D eigenvalue weighted by atomic mass is 16.6. The lowest BCUT2D eigenvalue weighted by Gasteiger charge is -2.34. The van der Waals surface area contributed by atoms with E-state index in [0.717, 1.165) is 24.5 Å².